The van der Waals surface area contributed by atoms with Crippen LogP contribution in [0.2, 0.25) is 0 Å². The minimum absolute atomic E-state index is 0.0394. The topological polar surface area (TPSA) is 33.2 Å². The number of anilines is 1. The Bertz CT molecular complexity index is 665. The number of thiazole rings is 1. The highest BCUT2D eigenvalue weighted by Crippen LogP contribution is 2.25. The number of aryl methyl sites for hydroxylation is 1. The van der Waals surface area contributed by atoms with E-state index in [2.05, 4.69) is 4.98 Å². The number of amides is 1. The van der Waals surface area contributed by atoms with E-state index in [1.165, 1.54) is 6.08 Å². The van der Waals surface area contributed by atoms with E-state index in [-0.39, 0.29) is 5.13 Å². The number of aromatic nitrogens is 1. The van der Waals surface area contributed by atoms with Crippen LogP contribution in [0, 0.1) is 6.92 Å². The minimum atomic E-state index is -4.49. The number of halogens is 3. The lowest BCUT2D eigenvalue weighted by Gasteiger charge is -2.19. The van der Waals surface area contributed by atoms with Crippen molar-refractivity contribution in [3.8, 4) is 0 Å². The SMILES string of the molecule is Cc1csc(N(CC(F)(F)F)C(=O)C=Cc2ccccc2)n1. The van der Waals surface area contributed by atoms with Crippen LogP contribution in [-0.2, 0) is 4.79 Å². The van der Waals surface area contributed by atoms with Crippen molar-refractivity contribution >= 4 is 28.5 Å². The van der Waals surface area contributed by atoms with Gasteiger partial charge in [-0.15, -0.1) is 11.3 Å². The number of carbonyl (C=O) groups excluding carboxylic acids is 1. The molecule has 1 heterocycles. The lowest BCUT2D eigenvalue weighted by atomic mass is 10.2. The molecule has 116 valence electrons. The molecule has 0 N–H and O–H groups in total. The molecule has 0 spiro atoms. The maximum atomic E-state index is 12.7. The quantitative estimate of drug-likeness (QED) is 0.794. The summed E-state index contributed by atoms with van der Waals surface area (Å²) in [5.41, 5.74) is 1.31. The Hall–Kier alpha value is -2.15. The molecule has 0 unspecified atom stereocenters. The Kier molecular flexibility index (Phi) is 4.97. The number of hydrogen-bond donors (Lipinski definition) is 0. The minimum Gasteiger partial charge on any atom is -0.275 e. The van der Waals surface area contributed by atoms with Gasteiger partial charge in [-0.2, -0.15) is 13.2 Å². The normalized spacial score (nSPS) is 11.8. The largest absolute Gasteiger partial charge is 0.406 e. The molecular formula is C15H13F3N2OS. The average Bonchev–Trinajstić information content (AvgIpc) is 2.89. The summed E-state index contributed by atoms with van der Waals surface area (Å²) in [6.07, 6.45) is -1.89. The molecule has 1 amide bonds. The molecule has 0 aliphatic rings. The molecule has 2 rings (SSSR count). The maximum absolute atomic E-state index is 12.7. The van der Waals surface area contributed by atoms with Crippen LogP contribution in [-0.4, -0.2) is 23.6 Å². The second-order valence-corrected chi connectivity index (χ2v) is 5.39. The van der Waals surface area contributed by atoms with Crippen molar-refractivity contribution in [1.29, 1.82) is 0 Å². The molecule has 0 aliphatic heterocycles. The highest BCUT2D eigenvalue weighted by Gasteiger charge is 2.34. The van der Waals surface area contributed by atoms with Crippen molar-refractivity contribution in [3.63, 3.8) is 0 Å². The summed E-state index contributed by atoms with van der Waals surface area (Å²) in [6, 6.07) is 8.88. The number of nitrogens with zero attached hydrogens (tertiary/aromatic N) is 2. The molecule has 0 radical (unpaired) electrons. The zero-order valence-corrected chi connectivity index (χ0v) is 12.5. The molecule has 1 aromatic heterocycles. The second-order valence-electron chi connectivity index (χ2n) is 4.56. The van der Waals surface area contributed by atoms with Crippen molar-refractivity contribution in [2.75, 3.05) is 11.4 Å². The number of rotatable bonds is 4. The molecule has 2 aromatic rings. The molecule has 3 nitrogen and oxygen atoms in total. The Morgan fingerprint density at radius 1 is 1.32 bits per heavy atom. The Morgan fingerprint density at radius 3 is 2.55 bits per heavy atom. The van der Waals surface area contributed by atoms with E-state index in [4.69, 9.17) is 0 Å². The standard InChI is InChI=1S/C15H13F3N2OS/c1-11-9-22-14(19-11)20(10-15(16,17)18)13(21)8-7-12-5-3-2-4-6-12/h2-9H,10H2,1H3. The van der Waals surface area contributed by atoms with Gasteiger partial charge in [0.1, 0.15) is 6.54 Å². The van der Waals surface area contributed by atoms with Crippen LogP contribution in [0.4, 0.5) is 18.3 Å². The zero-order chi connectivity index (χ0) is 16.2. The predicted octanol–water partition coefficient (Wildman–Crippen LogP) is 4.06. The fourth-order valence-corrected chi connectivity index (χ4v) is 2.51. The Morgan fingerprint density at radius 2 is 2.00 bits per heavy atom. The van der Waals surface area contributed by atoms with Gasteiger partial charge in [0, 0.05) is 11.5 Å². The van der Waals surface area contributed by atoms with Crippen LogP contribution in [0.5, 0.6) is 0 Å². The van der Waals surface area contributed by atoms with E-state index in [9.17, 15) is 18.0 Å². The molecule has 0 atom stereocenters. The van der Waals surface area contributed by atoms with Gasteiger partial charge < -0.3 is 0 Å². The Labute approximate surface area is 129 Å². The fourth-order valence-electron chi connectivity index (χ4n) is 1.71. The van der Waals surface area contributed by atoms with E-state index in [0.29, 0.717) is 10.6 Å². The summed E-state index contributed by atoms with van der Waals surface area (Å²) < 4.78 is 38.0. The fraction of sp³-hybridized carbons (Fsp3) is 0.200. The first-order valence-electron chi connectivity index (χ1n) is 6.39. The number of benzene rings is 1. The molecule has 0 aliphatic carbocycles. The lowest BCUT2D eigenvalue weighted by molar-refractivity contribution is -0.129. The highest BCUT2D eigenvalue weighted by molar-refractivity contribution is 7.14. The predicted molar refractivity (Wildman–Crippen MR) is 80.7 cm³/mol. The third kappa shape index (κ3) is 4.70. The Balaban J connectivity index is 2.21. The molecule has 0 saturated heterocycles. The van der Waals surface area contributed by atoms with Crippen molar-refractivity contribution in [2.24, 2.45) is 0 Å². The highest BCUT2D eigenvalue weighted by atomic mass is 32.1. The smallest absolute Gasteiger partial charge is 0.275 e. The molecular weight excluding hydrogens is 313 g/mol. The van der Waals surface area contributed by atoms with Crippen molar-refractivity contribution < 1.29 is 18.0 Å². The summed E-state index contributed by atoms with van der Waals surface area (Å²) in [5, 5.41) is 1.64. The van der Waals surface area contributed by atoms with Gasteiger partial charge in [0.05, 0.1) is 5.69 Å². The van der Waals surface area contributed by atoms with Crippen molar-refractivity contribution in [3.05, 3.63) is 53.0 Å². The van der Waals surface area contributed by atoms with Gasteiger partial charge in [-0.05, 0) is 18.6 Å². The lowest BCUT2D eigenvalue weighted by Crippen LogP contribution is -2.38. The van der Waals surface area contributed by atoms with Gasteiger partial charge in [-0.3, -0.25) is 9.69 Å². The third-order valence-corrected chi connectivity index (χ3v) is 3.64. The number of carbonyl (C=O) groups is 1. The monoisotopic (exact) mass is 326 g/mol. The van der Waals surface area contributed by atoms with Gasteiger partial charge in [0.25, 0.3) is 5.91 Å². The van der Waals surface area contributed by atoms with E-state index >= 15 is 0 Å². The number of alkyl halides is 3. The van der Waals surface area contributed by atoms with E-state index in [1.54, 1.807) is 36.6 Å². The summed E-state index contributed by atoms with van der Waals surface area (Å²) in [5.74, 6) is -0.754. The molecule has 0 fully saturated rings. The molecule has 1 aromatic carbocycles. The van der Waals surface area contributed by atoms with Crippen LogP contribution in [0.1, 0.15) is 11.3 Å². The summed E-state index contributed by atoms with van der Waals surface area (Å²) >= 11 is 1.01. The van der Waals surface area contributed by atoms with Crippen LogP contribution < -0.4 is 4.90 Å². The van der Waals surface area contributed by atoms with Crippen LogP contribution in [0.15, 0.2) is 41.8 Å². The molecule has 0 bridgehead atoms. The molecule has 22 heavy (non-hydrogen) atoms. The van der Waals surface area contributed by atoms with Crippen LogP contribution >= 0.6 is 11.3 Å². The van der Waals surface area contributed by atoms with Crippen molar-refractivity contribution in [1.82, 2.24) is 4.98 Å². The van der Waals surface area contributed by atoms with Crippen LogP contribution in [0.3, 0.4) is 0 Å². The van der Waals surface area contributed by atoms with E-state index in [0.717, 1.165) is 23.0 Å². The van der Waals surface area contributed by atoms with Gasteiger partial charge in [0.15, 0.2) is 5.13 Å². The zero-order valence-electron chi connectivity index (χ0n) is 11.7. The maximum Gasteiger partial charge on any atom is 0.406 e. The van der Waals surface area contributed by atoms with Crippen molar-refractivity contribution in [2.45, 2.75) is 13.1 Å². The first-order valence-corrected chi connectivity index (χ1v) is 7.26. The molecule has 0 saturated carbocycles. The van der Waals surface area contributed by atoms with Crippen LogP contribution in [0.25, 0.3) is 6.08 Å². The summed E-state index contributed by atoms with van der Waals surface area (Å²) in [4.78, 5) is 16.7. The van der Waals surface area contributed by atoms with Gasteiger partial charge >= 0.3 is 6.18 Å². The van der Waals surface area contributed by atoms with Gasteiger partial charge in [-0.25, -0.2) is 4.98 Å². The first kappa shape index (κ1) is 16.2. The van der Waals surface area contributed by atoms with E-state index in [1.807, 2.05) is 6.07 Å². The van der Waals surface area contributed by atoms with E-state index < -0.39 is 18.6 Å². The molecule has 7 heteroatoms. The summed E-state index contributed by atoms with van der Waals surface area (Å²) in [7, 11) is 0. The van der Waals surface area contributed by atoms with Gasteiger partial charge in [0.2, 0.25) is 0 Å². The number of hydrogen-bond acceptors (Lipinski definition) is 3. The van der Waals surface area contributed by atoms with Gasteiger partial charge in [-0.1, -0.05) is 30.3 Å². The second kappa shape index (κ2) is 6.74. The average molecular weight is 326 g/mol. The first-order chi connectivity index (χ1) is 10.3. The summed E-state index contributed by atoms with van der Waals surface area (Å²) in [6.45, 7) is 0.300. The third-order valence-electron chi connectivity index (χ3n) is 2.66.